The summed E-state index contributed by atoms with van der Waals surface area (Å²) in [5.41, 5.74) is 0.586. The average Bonchev–Trinajstić information content (AvgIpc) is 2.63. The fraction of sp³-hybridized carbons (Fsp3) is 0.562. The number of carbonyl (C=O) groups excluding carboxylic acids is 1. The second-order valence-corrected chi connectivity index (χ2v) is 5.78. The molecule has 1 unspecified atom stereocenters. The van der Waals surface area contributed by atoms with Crippen molar-refractivity contribution in [2.24, 2.45) is 11.8 Å². The predicted octanol–water partition coefficient (Wildman–Crippen LogP) is 3.29. The van der Waals surface area contributed by atoms with Gasteiger partial charge in [-0.1, -0.05) is 19.9 Å². The molecule has 0 bridgehead atoms. The molecule has 104 valence electrons. The Morgan fingerprint density at radius 1 is 1.32 bits per heavy atom. The van der Waals surface area contributed by atoms with Crippen LogP contribution in [0.4, 0.5) is 0 Å². The summed E-state index contributed by atoms with van der Waals surface area (Å²) in [6.45, 7) is 6.18. The summed E-state index contributed by atoms with van der Waals surface area (Å²) in [7, 11) is 0. The Balaban J connectivity index is 2.04. The van der Waals surface area contributed by atoms with Crippen LogP contribution in [0.25, 0.3) is 0 Å². The Labute approximate surface area is 115 Å². The lowest BCUT2D eigenvalue weighted by atomic mass is 9.89. The van der Waals surface area contributed by atoms with Crippen LogP contribution in [0.2, 0.25) is 0 Å². The van der Waals surface area contributed by atoms with Crippen molar-refractivity contribution < 1.29 is 9.90 Å². The molecule has 1 fully saturated rings. The fourth-order valence-electron chi connectivity index (χ4n) is 2.81. The Hall–Kier alpha value is -1.51. The lowest BCUT2D eigenvalue weighted by Gasteiger charge is -2.21. The van der Waals surface area contributed by atoms with Crippen LogP contribution in [0.5, 0.6) is 5.75 Å². The van der Waals surface area contributed by atoms with Crippen molar-refractivity contribution in [3.05, 3.63) is 29.8 Å². The van der Waals surface area contributed by atoms with E-state index in [4.69, 9.17) is 0 Å². The van der Waals surface area contributed by atoms with Crippen LogP contribution in [0, 0.1) is 11.8 Å². The van der Waals surface area contributed by atoms with Crippen LogP contribution < -0.4 is 0 Å². The zero-order chi connectivity index (χ0) is 13.8. The van der Waals surface area contributed by atoms with E-state index in [-0.39, 0.29) is 11.7 Å². The largest absolute Gasteiger partial charge is 0.508 e. The summed E-state index contributed by atoms with van der Waals surface area (Å²) in [4.78, 5) is 14.3. The second kappa shape index (κ2) is 6.09. The number of phenols is 1. The zero-order valence-electron chi connectivity index (χ0n) is 11.8. The van der Waals surface area contributed by atoms with Crippen LogP contribution in [0.3, 0.4) is 0 Å². The van der Waals surface area contributed by atoms with Crippen molar-refractivity contribution in [2.75, 3.05) is 13.1 Å². The highest BCUT2D eigenvalue weighted by atomic mass is 16.3. The number of carbonyl (C=O) groups is 1. The zero-order valence-corrected chi connectivity index (χ0v) is 11.8. The summed E-state index contributed by atoms with van der Waals surface area (Å²) in [6, 6.07) is 6.63. The van der Waals surface area contributed by atoms with Gasteiger partial charge in [-0.25, -0.2) is 0 Å². The topological polar surface area (TPSA) is 40.5 Å². The molecule has 1 N–H and O–H groups in total. The van der Waals surface area contributed by atoms with E-state index in [2.05, 4.69) is 13.8 Å². The van der Waals surface area contributed by atoms with E-state index in [0.29, 0.717) is 11.5 Å². The summed E-state index contributed by atoms with van der Waals surface area (Å²) in [6.07, 6.45) is 3.37. The van der Waals surface area contributed by atoms with Gasteiger partial charge in [0.2, 0.25) is 0 Å². The first kappa shape index (κ1) is 13.9. The van der Waals surface area contributed by atoms with Gasteiger partial charge in [-0.2, -0.15) is 0 Å². The number of nitrogens with zero attached hydrogens (tertiary/aromatic N) is 1. The smallest absolute Gasteiger partial charge is 0.253 e. The van der Waals surface area contributed by atoms with Crippen LogP contribution in [0.15, 0.2) is 24.3 Å². The lowest BCUT2D eigenvalue weighted by Crippen LogP contribution is -2.32. The van der Waals surface area contributed by atoms with Gasteiger partial charge in [-0.15, -0.1) is 0 Å². The highest BCUT2D eigenvalue weighted by Crippen LogP contribution is 2.25. The Bertz CT molecular complexity index is 442. The molecule has 0 saturated carbocycles. The first-order valence-electron chi connectivity index (χ1n) is 7.16. The van der Waals surface area contributed by atoms with E-state index in [9.17, 15) is 9.90 Å². The third-order valence-electron chi connectivity index (χ3n) is 4.10. The maximum atomic E-state index is 12.4. The maximum absolute atomic E-state index is 12.4. The van der Waals surface area contributed by atoms with Crippen LogP contribution >= 0.6 is 0 Å². The molecule has 1 atom stereocenters. The Morgan fingerprint density at radius 3 is 2.79 bits per heavy atom. The highest BCUT2D eigenvalue weighted by Gasteiger charge is 2.23. The summed E-state index contributed by atoms with van der Waals surface area (Å²) >= 11 is 0. The van der Waals surface area contributed by atoms with Crippen LogP contribution in [-0.4, -0.2) is 29.0 Å². The van der Waals surface area contributed by atoms with Gasteiger partial charge >= 0.3 is 0 Å². The van der Waals surface area contributed by atoms with E-state index >= 15 is 0 Å². The lowest BCUT2D eigenvalue weighted by molar-refractivity contribution is 0.0758. The molecular weight excluding hydrogens is 238 g/mol. The molecule has 0 radical (unpaired) electrons. The first-order chi connectivity index (χ1) is 9.08. The summed E-state index contributed by atoms with van der Waals surface area (Å²) < 4.78 is 0. The number of hydrogen-bond donors (Lipinski definition) is 1. The molecular formula is C16H23NO2. The molecule has 0 aliphatic carbocycles. The third kappa shape index (κ3) is 3.49. The van der Waals surface area contributed by atoms with Gasteiger partial charge in [-0.05, 0) is 49.3 Å². The van der Waals surface area contributed by atoms with Gasteiger partial charge in [0.15, 0.2) is 0 Å². The number of phenolic OH excluding ortho intramolecular Hbond substituents is 1. The Morgan fingerprint density at radius 2 is 2.11 bits per heavy atom. The maximum Gasteiger partial charge on any atom is 0.253 e. The molecule has 3 nitrogen and oxygen atoms in total. The standard InChI is InChI=1S/C16H23NO2/c1-12(2)13-6-4-9-17(10-8-13)16(19)14-5-3-7-15(18)11-14/h3,5,7,11-13,18H,4,6,8-10H2,1-2H3. The molecule has 1 aliphatic rings. The number of hydrogen-bond acceptors (Lipinski definition) is 2. The minimum atomic E-state index is 0.0420. The van der Waals surface area contributed by atoms with Crippen molar-refractivity contribution in [3.63, 3.8) is 0 Å². The fourth-order valence-corrected chi connectivity index (χ4v) is 2.81. The third-order valence-corrected chi connectivity index (χ3v) is 4.10. The van der Waals surface area contributed by atoms with E-state index < -0.39 is 0 Å². The molecule has 1 aromatic carbocycles. The monoisotopic (exact) mass is 261 g/mol. The molecule has 0 spiro atoms. The number of rotatable bonds is 2. The molecule has 3 heteroatoms. The van der Waals surface area contributed by atoms with Gasteiger partial charge in [0.25, 0.3) is 5.91 Å². The Kier molecular flexibility index (Phi) is 4.46. The molecule has 1 amide bonds. The molecule has 1 aliphatic heterocycles. The first-order valence-corrected chi connectivity index (χ1v) is 7.16. The van der Waals surface area contributed by atoms with Gasteiger partial charge in [0, 0.05) is 18.7 Å². The van der Waals surface area contributed by atoms with Crippen molar-refractivity contribution in [1.29, 1.82) is 0 Å². The van der Waals surface area contributed by atoms with Gasteiger partial charge in [-0.3, -0.25) is 4.79 Å². The summed E-state index contributed by atoms with van der Waals surface area (Å²) in [5, 5.41) is 9.46. The summed E-state index contributed by atoms with van der Waals surface area (Å²) in [5.74, 6) is 1.61. The molecule has 19 heavy (non-hydrogen) atoms. The molecule has 1 heterocycles. The van der Waals surface area contributed by atoms with Crippen molar-refractivity contribution in [1.82, 2.24) is 4.90 Å². The van der Waals surface area contributed by atoms with Crippen LogP contribution in [0.1, 0.15) is 43.5 Å². The average molecular weight is 261 g/mol. The highest BCUT2D eigenvalue weighted by molar-refractivity contribution is 5.94. The second-order valence-electron chi connectivity index (χ2n) is 5.78. The van der Waals surface area contributed by atoms with E-state index in [1.807, 2.05) is 4.90 Å². The van der Waals surface area contributed by atoms with E-state index in [1.54, 1.807) is 24.3 Å². The quantitative estimate of drug-likeness (QED) is 0.887. The van der Waals surface area contributed by atoms with Crippen LogP contribution in [-0.2, 0) is 0 Å². The minimum absolute atomic E-state index is 0.0420. The molecule has 0 aromatic heterocycles. The van der Waals surface area contributed by atoms with Crippen molar-refractivity contribution in [3.8, 4) is 5.75 Å². The molecule has 1 aromatic rings. The van der Waals surface area contributed by atoms with Gasteiger partial charge in [0.05, 0.1) is 0 Å². The minimum Gasteiger partial charge on any atom is -0.508 e. The normalized spacial score (nSPS) is 20.4. The number of amides is 1. The number of benzene rings is 1. The van der Waals surface area contributed by atoms with Crippen molar-refractivity contribution in [2.45, 2.75) is 33.1 Å². The van der Waals surface area contributed by atoms with E-state index in [1.165, 1.54) is 6.42 Å². The molecule has 1 saturated heterocycles. The molecule has 2 rings (SSSR count). The predicted molar refractivity (Wildman–Crippen MR) is 76.2 cm³/mol. The van der Waals surface area contributed by atoms with Gasteiger partial charge in [0.1, 0.15) is 5.75 Å². The van der Waals surface area contributed by atoms with E-state index in [0.717, 1.165) is 31.8 Å². The number of aromatic hydroxyl groups is 1. The van der Waals surface area contributed by atoms with Gasteiger partial charge < -0.3 is 10.0 Å². The number of likely N-dealkylation sites (tertiary alicyclic amines) is 1. The SMILES string of the molecule is CC(C)C1CCCN(C(=O)c2cccc(O)c2)CC1. The van der Waals surface area contributed by atoms with Crippen molar-refractivity contribution >= 4 is 5.91 Å².